The maximum atomic E-state index is 14.7. The van der Waals surface area contributed by atoms with Crippen LogP contribution in [0.25, 0.3) is 11.1 Å². The highest BCUT2D eigenvalue weighted by molar-refractivity contribution is 5.99. The number of benzene rings is 1. The van der Waals surface area contributed by atoms with Crippen LogP contribution in [-0.2, 0) is 4.74 Å². The molecule has 2 aromatic rings. The normalized spacial score (nSPS) is 20.3. The topological polar surface area (TPSA) is 57.7 Å². The first-order valence-corrected chi connectivity index (χ1v) is 10.9. The maximum Gasteiger partial charge on any atom is 0.322 e. The van der Waals surface area contributed by atoms with E-state index in [1.807, 2.05) is 4.90 Å². The summed E-state index contributed by atoms with van der Waals surface area (Å²) in [5.41, 5.74) is 1.83. The number of hydrogen-bond donors (Lipinski definition) is 1. The number of halogens is 1. The van der Waals surface area contributed by atoms with Crippen LogP contribution in [0.5, 0.6) is 0 Å². The third-order valence-electron chi connectivity index (χ3n) is 6.30. The minimum absolute atomic E-state index is 0.0488. The van der Waals surface area contributed by atoms with E-state index in [0.29, 0.717) is 35.8 Å². The average Bonchev–Trinajstić information content (AvgIpc) is 3.35. The minimum Gasteiger partial charge on any atom is -0.383 e. The summed E-state index contributed by atoms with van der Waals surface area (Å²) in [6.45, 7) is 7.32. The third kappa shape index (κ3) is 4.51. The van der Waals surface area contributed by atoms with E-state index < -0.39 is 0 Å². The number of methoxy groups -OCH3 is 1. The van der Waals surface area contributed by atoms with Gasteiger partial charge < -0.3 is 19.9 Å². The number of urea groups is 1. The van der Waals surface area contributed by atoms with E-state index in [-0.39, 0.29) is 23.3 Å². The molecule has 3 heterocycles. The second kappa shape index (κ2) is 8.83. The van der Waals surface area contributed by atoms with E-state index >= 15 is 0 Å². The van der Waals surface area contributed by atoms with Crippen molar-refractivity contribution in [1.29, 1.82) is 0 Å². The number of rotatable bonds is 5. The van der Waals surface area contributed by atoms with Crippen LogP contribution in [0.1, 0.15) is 33.1 Å². The van der Waals surface area contributed by atoms with E-state index in [9.17, 15) is 9.18 Å². The molecule has 0 unspecified atom stereocenters. The third-order valence-corrected chi connectivity index (χ3v) is 6.30. The Kier molecular flexibility index (Phi) is 6.14. The van der Waals surface area contributed by atoms with Crippen molar-refractivity contribution in [1.82, 2.24) is 9.88 Å². The van der Waals surface area contributed by atoms with Crippen molar-refractivity contribution in [2.24, 2.45) is 5.41 Å². The van der Waals surface area contributed by atoms with Gasteiger partial charge in [0.25, 0.3) is 0 Å². The highest BCUT2D eigenvalue weighted by atomic mass is 19.1. The van der Waals surface area contributed by atoms with Crippen molar-refractivity contribution in [2.45, 2.75) is 39.2 Å². The summed E-state index contributed by atoms with van der Waals surface area (Å²) in [6.07, 6.45) is 4.60. The fourth-order valence-electron chi connectivity index (χ4n) is 4.66. The van der Waals surface area contributed by atoms with E-state index in [4.69, 9.17) is 4.74 Å². The molecule has 1 atom stereocenters. The van der Waals surface area contributed by atoms with Crippen molar-refractivity contribution >= 4 is 17.5 Å². The zero-order chi connectivity index (χ0) is 22.0. The Morgan fingerprint density at radius 2 is 2.06 bits per heavy atom. The quantitative estimate of drug-likeness (QED) is 0.749. The largest absolute Gasteiger partial charge is 0.383 e. The molecule has 2 amide bonds. The lowest BCUT2D eigenvalue weighted by Crippen LogP contribution is -2.41. The molecule has 1 N–H and O–H groups in total. The summed E-state index contributed by atoms with van der Waals surface area (Å²) in [5.74, 6) is 0.373. The molecule has 2 saturated heterocycles. The number of aromatic nitrogens is 1. The molecule has 7 heteroatoms. The first-order valence-electron chi connectivity index (χ1n) is 10.9. The van der Waals surface area contributed by atoms with E-state index in [2.05, 4.69) is 29.0 Å². The van der Waals surface area contributed by atoms with Crippen LogP contribution in [0.2, 0.25) is 0 Å². The molecule has 6 nitrogen and oxygen atoms in total. The summed E-state index contributed by atoms with van der Waals surface area (Å²) in [6, 6.07) is 8.28. The number of ether oxygens (including phenoxy) is 1. The molecule has 1 aromatic carbocycles. The Labute approximate surface area is 183 Å². The number of carbonyl (C=O) groups is 1. The van der Waals surface area contributed by atoms with Crippen LogP contribution in [0.15, 0.2) is 36.5 Å². The fraction of sp³-hybridized carbons (Fsp3) is 0.500. The average molecular weight is 427 g/mol. The molecular weight excluding hydrogens is 395 g/mol. The summed E-state index contributed by atoms with van der Waals surface area (Å²) < 4.78 is 20.0. The van der Waals surface area contributed by atoms with Crippen LogP contribution in [0, 0.1) is 11.2 Å². The smallest absolute Gasteiger partial charge is 0.322 e. The van der Waals surface area contributed by atoms with E-state index in [1.165, 1.54) is 6.07 Å². The van der Waals surface area contributed by atoms with Crippen molar-refractivity contribution in [3.63, 3.8) is 0 Å². The number of nitrogens with zero attached hydrogens (tertiary/aromatic N) is 3. The summed E-state index contributed by atoms with van der Waals surface area (Å²) >= 11 is 0. The molecule has 31 heavy (non-hydrogen) atoms. The van der Waals surface area contributed by atoms with E-state index in [1.54, 1.807) is 37.6 Å². The second-order valence-electron chi connectivity index (χ2n) is 9.25. The van der Waals surface area contributed by atoms with Crippen molar-refractivity contribution in [3.8, 4) is 11.1 Å². The zero-order valence-corrected chi connectivity index (χ0v) is 18.5. The Bertz CT molecular complexity index is 949. The van der Waals surface area contributed by atoms with E-state index in [0.717, 1.165) is 32.4 Å². The monoisotopic (exact) mass is 426 g/mol. The van der Waals surface area contributed by atoms with Crippen LogP contribution in [0.4, 0.5) is 20.7 Å². The van der Waals surface area contributed by atoms with Crippen molar-refractivity contribution in [2.75, 3.05) is 43.6 Å². The predicted molar refractivity (Wildman–Crippen MR) is 121 cm³/mol. The Morgan fingerprint density at radius 3 is 2.77 bits per heavy atom. The number of anilines is 2. The number of nitrogens with one attached hydrogen (secondary N) is 1. The highest BCUT2D eigenvalue weighted by Crippen LogP contribution is 2.40. The van der Waals surface area contributed by atoms with Gasteiger partial charge >= 0.3 is 6.03 Å². The maximum absolute atomic E-state index is 14.7. The number of pyridine rings is 1. The zero-order valence-electron chi connectivity index (χ0n) is 18.5. The standard InChI is InChI=1S/C24H31FN4O2/c1-24(2)11-14-28(16-24)22-21(27-23(30)29-13-6-7-17(29)15-31-3)19(10-12-26-22)18-8-4-5-9-20(18)25/h4-5,8-10,12,17H,6-7,11,13-16H2,1-3H3,(H,27,30)/t17-/m0/s1. The first kappa shape index (κ1) is 21.6. The molecule has 0 aliphatic carbocycles. The predicted octanol–water partition coefficient (Wildman–Crippen LogP) is 4.77. The Hall–Kier alpha value is -2.67. The van der Waals surface area contributed by atoms with Crippen LogP contribution < -0.4 is 10.2 Å². The van der Waals surface area contributed by atoms with Gasteiger partial charge in [0.2, 0.25) is 0 Å². The molecule has 0 spiro atoms. The molecule has 2 aliphatic heterocycles. The Balaban J connectivity index is 1.73. The lowest BCUT2D eigenvalue weighted by molar-refractivity contribution is 0.128. The first-order chi connectivity index (χ1) is 14.9. The fourth-order valence-corrected chi connectivity index (χ4v) is 4.66. The minimum atomic E-state index is -0.324. The molecule has 4 rings (SSSR count). The van der Waals surface area contributed by atoms with Gasteiger partial charge in [0.1, 0.15) is 5.82 Å². The summed E-state index contributed by atoms with van der Waals surface area (Å²) in [7, 11) is 1.65. The van der Waals surface area contributed by atoms with Gasteiger partial charge in [-0.1, -0.05) is 32.0 Å². The van der Waals surface area contributed by atoms with Gasteiger partial charge in [-0.3, -0.25) is 0 Å². The van der Waals surface area contributed by atoms with Gasteiger partial charge in [0.15, 0.2) is 5.82 Å². The number of likely N-dealkylation sites (tertiary alicyclic amines) is 1. The molecule has 2 fully saturated rings. The number of hydrogen-bond acceptors (Lipinski definition) is 4. The molecule has 2 aliphatic rings. The molecular formula is C24H31FN4O2. The summed E-state index contributed by atoms with van der Waals surface area (Å²) in [4.78, 5) is 21.9. The lowest BCUT2D eigenvalue weighted by Gasteiger charge is -2.28. The van der Waals surface area contributed by atoms with Gasteiger partial charge in [-0.25, -0.2) is 14.2 Å². The highest BCUT2D eigenvalue weighted by Gasteiger charge is 2.34. The van der Waals surface area contributed by atoms with Gasteiger partial charge in [0.05, 0.1) is 18.3 Å². The SMILES string of the molecule is COC[C@@H]1CCCN1C(=O)Nc1c(-c2ccccc2F)ccnc1N1CCC(C)(C)C1. The van der Waals surface area contributed by atoms with Gasteiger partial charge in [-0.15, -0.1) is 0 Å². The van der Waals surface area contributed by atoms with Crippen LogP contribution in [-0.4, -0.2) is 55.3 Å². The number of carbonyl (C=O) groups excluding carboxylic acids is 1. The van der Waals surface area contributed by atoms with Crippen molar-refractivity contribution < 1.29 is 13.9 Å². The second-order valence-corrected chi connectivity index (χ2v) is 9.25. The molecule has 166 valence electrons. The molecule has 1 aromatic heterocycles. The van der Waals surface area contributed by atoms with Gasteiger partial charge in [-0.05, 0) is 36.8 Å². The van der Waals surface area contributed by atoms with Crippen LogP contribution in [0.3, 0.4) is 0 Å². The Morgan fingerprint density at radius 1 is 1.26 bits per heavy atom. The molecule has 0 saturated carbocycles. The van der Waals surface area contributed by atoms with Crippen molar-refractivity contribution in [3.05, 3.63) is 42.3 Å². The number of amides is 2. The lowest BCUT2D eigenvalue weighted by atomic mass is 9.93. The molecule has 0 radical (unpaired) electrons. The molecule has 0 bridgehead atoms. The van der Waals surface area contributed by atoms with Gasteiger partial charge in [-0.2, -0.15) is 0 Å². The summed E-state index contributed by atoms with van der Waals surface area (Å²) in [5, 5.41) is 3.10. The van der Waals surface area contributed by atoms with Gasteiger partial charge in [0, 0.05) is 44.1 Å². The van der Waals surface area contributed by atoms with Crippen LogP contribution >= 0.6 is 0 Å².